The van der Waals surface area contributed by atoms with Crippen LogP contribution in [-0.2, 0) is 20.0 Å². The number of piperidine rings is 1. The Morgan fingerprint density at radius 1 is 1.12 bits per heavy atom. The second-order valence-corrected chi connectivity index (χ2v) is 9.32. The normalized spacial score (nSPS) is 15.9. The molecule has 1 fully saturated rings. The maximum Gasteiger partial charge on any atom is 0.272 e. The lowest BCUT2D eigenvalue weighted by Crippen LogP contribution is -2.47. The number of nitrogens with zero attached hydrogens (tertiary/aromatic N) is 4. The fourth-order valence-electron chi connectivity index (χ4n) is 5.02. The molecule has 1 unspecified atom stereocenters. The molecule has 1 aromatic heterocycles. The lowest BCUT2D eigenvalue weighted by Gasteiger charge is -2.40. The fourth-order valence-corrected chi connectivity index (χ4v) is 5.02. The molecule has 5 nitrogen and oxygen atoms in total. The molecule has 4 rings (SSSR count). The van der Waals surface area contributed by atoms with Gasteiger partial charge in [-0.3, -0.25) is 14.4 Å². The third-order valence-corrected chi connectivity index (χ3v) is 6.90. The number of amides is 1. The molecule has 0 radical (unpaired) electrons. The predicted octanol–water partition coefficient (Wildman–Crippen LogP) is 4.60. The first-order valence-electron chi connectivity index (χ1n) is 11.8. The molecular formula is C27H32F2N4O. The Hall–Kier alpha value is -3.06. The molecule has 34 heavy (non-hydrogen) atoms. The van der Waals surface area contributed by atoms with Crippen LogP contribution in [0.5, 0.6) is 0 Å². The summed E-state index contributed by atoms with van der Waals surface area (Å²) in [4.78, 5) is 17.4. The first kappa shape index (κ1) is 24.1. The van der Waals surface area contributed by atoms with Crippen molar-refractivity contribution in [1.29, 1.82) is 0 Å². The second-order valence-electron chi connectivity index (χ2n) is 9.32. The van der Waals surface area contributed by atoms with Crippen LogP contribution in [0.15, 0.2) is 54.6 Å². The summed E-state index contributed by atoms with van der Waals surface area (Å²) in [6.07, 6.45) is 2.54. The molecule has 0 spiro atoms. The van der Waals surface area contributed by atoms with E-state index in [1.807, 2.05) is 43.1 Å². The van der Waals surface area contributed by atoms with E-state index in [-0.39, 0.29) is 17.8 Å². The van der Waals surface area contributed by atoms with Crippen LogP contribution in [0.3, 0.4) is 0 Å². The average Bonchev–Trinajstić information content (AvgIpc) is 3.18. The van der Waals surface area contributed by atoms with Crippen LogP contribution in [0, 0.1) is 24.5 Å². The van der Waals surface area contributed by atoms with E-state index in [2.05, 4.69) is 22.1 Å². The van der Waals surface area contributed by atoms with Crippen molar-refractivity contribution < 1.29 is 13.6 Å². The van der Waals surface area contributed by atoms with E-state index in [1.54, 1.807) is 11.7 Å². The van der Waals surface area contributed by atoms with Crippen molar-refractivity contribution in [2.24, 2.45) is 13.0 Å². The van der Waals surface area contributed by atoms with Gasteiger partial charge in [0.2, 0.25) is 0 Å². The summed E-state index contributed by atoms with van der Waals surface area (Å²) in [6.45, 7) is 3.83. The van der Waals surface area contributed by atoms with Gasteiger partial charge in [-0.1, -0.05) is 30.3 Å². The van der Waals surface area contributed by atoms with Crippen LogP contribution in [0.4, 0.5) is 8.78 Å². The van der Waals surface area contributed by atoms with Gasteiger partial charge in [0.25, 0.3) is 5.91 Å². The second kappa shape index (κ2) is 10.5. The Kier molecular flexibility index (Phi) is 7.41. The maximum atomic E-state index is 14.1. The number of aryl methyl sites for hydroxylation is 2. The van der Waals surface area contributed by atoms with Gasteiger partial charge in [-0.25, -0.2) is 8.78 Å². The molecule has 7 heteroatoms. The predicted molar refractivity (Wildman–Crippen MR) is 128 cm³/mol. The van der Waals surface area contributed by atoms with Gasteiger partial charge < -0.3 is 4.90 Å². The third-order valence-electron chi connectivity index (χ3n) is 6.90. The number of hydrogen-bond donors (Lipinski definition) is 0. The molecule has 0 N–H and O–H groups in total. The topological polar surface area (TPSA) is 41.4 Å². The zero-order valence-corrected chi connectivity index (χ0v) is 20.0. The number of aromatic nitrogens is 2. The number of benzene rings is 2. The number of hydrogen-bond acceptors (Lipinski definition) is 3. The van der Waals surface area contributed by atoms with E-state index >= 15 is 0 Å². The molecule has 1 amide bonds. The number of halogens is 2. The van der Waals surface area contributed by atoms with Crippen LogP contribution in [0.25, 0.3) is 0 Å². The highest BCUT2D eigenvalue weighted by atomic mass is 19.1. The molecule has 1 atom stereocenters. The highest BCUT2D eigenvalue weighted by Gasteiger charge is 2.33. The summed E-state index contributed by atoms with van der Waals surface area (Å²) in [5, 5.41) is 4.34. The van der Waals surface area contributed by atoms with Gasteiger partial charge in [-0.05, 0) is 75.0 Å². The number of carbonyl (C=O) groups is 1. The monoisotopic (exact) mass is 466 g/mol. The van der Waals surface area contributed by atoms with Gasteiger partial charge >= 0.3 is 0 Å². The van der Waals surface area contributed by atoms with Crippen molar-refractivity contribution >= 4 is 5.91 Å². The first-order chi connectivity index (χ1) is 16.3. The van der Waals surface area contributed by atoms with E-state index in [0.717, 1.165) is 44.1 Å². The molecule has 1 saturated heterocycles. The highest BCUT2D eigenvalue weighted by Crippen LogP contribution is 2.28. The van der Waals surface area contributed by atoms with Gasteiger partial charge in [-0.2, -0.15) is 5.10 Å². The Bertz CT molecular complexity index is 1120. The SMILES string of the molecule is Cc1cc(C(=O)N(C)C(Cc2ccccc2)C2CCN(Cc3cc(F)ccc3F)CC2)n(C)n1. The number of likely N-dealkylation sites (tertiary alicyclic amines) is 1. The minimum atomic E-state index is -0.417. The van der Waals surface area contributed by atoms with Crippen molar-refractivity contribution in [3.05, 3.63) is 88.7 Å². The first-order valence-corrected chi connectivity index (χ1v) is 11.8. The molecule has 0 saturated carbocycles. The Morgan fingerprint density at radius 3 is 2.47 bits per heavy atom. The third kappa shape index (κ3) is 5.53. The van der Waals surface area contributed by atoms with E-state index in [0.29, 0.717) is 23.7 Å². The van der Waals surface area contributed by atoms with Crippen molar-refractivity contribution in [2.45, 2.75) is 38.8 Å². The van der Waals surface area contributed by atoms with Gasteiger partial charge in [0, 0.05) is 32.2 Å². The van der Waals surface area contributed by atoms with Crippen LogP contribution in [-0.4, -0.2) is 51.7 Å². The highest BCUT2D eigenvalue weighted by molar-refractivity contribution is 5.92. The van der Waals surface area contributed by atoms with E-state index in [1.165, 1.54) is 17.7 Å². The van der Waals surface area contributed by atoms with Crippen molar-refractivity contribution in [3.63, 3.8) is 0 Å². The largest absolute Gasteiger partial charge is 0.337 e. The number of rotatable bonds is 7. The number of carbonyl (C=O) groups excluding carboxylic acids is 1. The summed E-state index contributed by atoms with van der Waals surface area (Å²) in [5.41, 5.74) is 2.98. The lowest BCUT2D eigenvalue weighted by molar-refractivity contribution is 0.0574. The molecule has 1 aliphatic rings. The summed E-state index contributed by atoms with van der Waals surface area (Å²) >= 11 is 0. The summed E-state index contributed by atoms with van der Waals surface area (Å²) in [7, 11) is 3.68. The lowest BCUT2D eigenvalue weighted by atomic mass is 9.84. The van der Waals surface area contributed by atoms with Gasteiger partial charge in [0.15, 0.2) is 0 Å². The zero-order valence-electron chi connectivity index (χ0n) is 20.0. The Labute approximate surface area is 200 Å². The molecule has 2 heterocycles. The maximum absolute atomic E-state index is 14.1. The number of likely N-dealkylation sites (N-methyl/N-ethyl adjacent to an activating group) is 1. The average molecular weight is 467 g/mol. The van der Waals surface area contributed by atoms with Crippen molar-refractivity contribution in [3.8, 4) is 0 Å². The summed E-state index contributed by atoms with van der Waals surface area (Å²) in [6, 6.07) is 15.7. The van der Waals surface area contributed by atoms with E-state index in [4.69, 9.17) is 0 Å². The molecule has 0 bridgehead atoms. The quantitative estimate of drug-likeness (QED) is 0.511. The molecule has 3 aromatic rings. The van der Waals surface area contributed by atoms with Crippen LogP contribution in [0.1, 0.15) is 40.2 Å². The van der Waals surface area contributed by atoms with Crippen LogP contribution < -0.4 is 0 Å². The molecule has 0 aliphatic carbocycles. The zero-order chi connectivity index (χ0) is 24.2. The standard InChI is InChI=1S/C27H32F2N4O/c1-19-15-26(32(3)30-19)27(34)31(2)25(16-20-7-5-4-6-8-20)21-11-13-33(14-12-21)18-22-17-23(28)9-10-24(22)29/h4-10,15,17,21,25H,11-14,16,18H2,1-3H3. The van der Waals surface area contributed by atoms with Gasteiger partial charge in [-0.15, -0.1) is 0 Å². The molecule has 180 valence electrons. The van der Waals surface area contributed by atoms with Crippen molar-refractivity contribution in [1.82, 2.24) is 19.6 Å². The van der Waals surface area contributed by atoms with Crippen LogP contribution >= 0.6 is 0 Å². The smallest absolute Gasteiger partial charge is 0.272 e. The van der Waals surface area contributed by atoms with Gasteiger partial charge in [0.1, 0.15) is 17.3 Å². The van der Waals surface area contributed by atoms with E-state index in [9.17, 15) is 13.6 Å². The Morgan fingerprint density at radius 2 is 1.82 bits per heavy atom. The summed E-state index contributed by atoms with van der Waals surface area (Å²) < 4.78 is 29.3. The minimum absolute atomic E-state index is 0.0261. The van der Waals surface area contributed by atoms with E-state index < -0.39 is 5.82 Å². The molecular weight excluding hydrogens is 434 g/mol. The Balaban J connectivity index is 1.48. The molecule has 1 aliphatic heterocycles. The van der Waals surface area contributed by atoms with Gasteiger partial charge in [0.05, 0.1) is 5.69 Å². The van der Waals surface area contributed by atoms with Crippen LogP contribution in [0.2, 0.25) is 0 Å². The fraction of sp³-hybridized carbons (Fsp3) is 0.407. The van der Waals surface area contributed by atoms with Crippen molar-refractivity contribution in [2.75, 3.05) is 20.1 Å². The minimum Gasteiger partial charge on any atom is -0.337 e. The summed E-state index contributed by atoms with van der Waals surface area (Å²) in [5.74, 6) is -0.521. The molecule has 2 aromatic carbocycles.